The van der Waals surface area contributed by atoms with Gasteiger partial charge in [-0.15, -0.1) is 0 Å². The molecule has 2 N–H and O–H groups in total. The van der Waals surface area contributed by atoms with Crippen LogP contribution in [0.1, 0.15) is 5.56 Å². The van der Waals surface area contributed by atoms with Crippen molar-refractivity contribution in [3.63, 3.8) is 0 Å². The number of nitrogens with one attached hydrogen (secondary N) is 2. The molecule has 3 aromatic rings. The lowest BCUT2D eigenvalue weighted by Crippen LogP contribution is -2.43. The van der Waals surface area contributed by atoms with E-state index in [1.165, 1.54) is 0 Å². The Bertz CT molecular complexity index is 1040. The van der Waals surface area contributed by atoms with Crippen LogP contribution < -0.4 is 20.3 Å². The summed E-state index contributed by atoms with van der Waals surface area (Å²) in [5, 5.41) is 6.30. The van der Waals surface area contributed by atoms with Crippen molar-refractivity contribution in [2.24, 2.45) is 0 Å². The van der Waals surface area contributed by atoms with E-state index in [4.69, 9.17) is 4.74 Å². The van der Waals surface area contributed by atoms with Crippen LogP contribution in [0.5, 0.6) is 5.75 Å². The third-order valence-electron chi connectivity index (χ3n) is 5.26. The summed E-state index contributed by atoms with van der Waals surface area (Å²) in [5.41, 5.74) is 4.93. The number of carbonyl (C=O) groups is 1. The van der Waals surface area contributed by atoms with E-state index in [9.17, 15) is 4.79 Å². The van der Waals surface area contributed by atoms with Crippen LogP contribution >= 0.6 is 0 Å². The first-order chi connectivity index (χ1) is 15.2. The van der Waals surface area contributed by atoms with Gasteiger partial charge in [0.25, 0.3) is 0 Å². The number of carbonyl (C=O) groups excluding carboxylic acids is 1. The molecule has 1 amide bonds. The van der Waals surface area contributed by atoms with Crippen molar-refractivity contribution in [2.75, 3.05) is 43.5 Å². The molecule has 0 aliphatic carbocycles. The molecule has 0 saturated carbocycles. The lowest BCUT2D eigenvalue weighted by Gasteiger charge is -2.30. The molecule has 1 saturated heterocycles. The minimum atomic E-state index is -0.172. The Labute approximate surface area is 182 Å². The predicted octanol–water partition coefficient (Wildman–Crippen LogP) is 3.82. The van der Waals surface area contributed by atoms with Crippen molar-refractivity contribution in [3.8, 4) is 16.9 Å². The van der Waals surface area contributed by atoms with Gasteiger partial charge in [-0.25, -0.2) is 0 Å². The first kappa shape index (κ1) is 20.6. The fraction of sp³-hybridized carbons (Fsp3) is 0.200. The second kappa shape index (κ2) is 9.91. The average Bonchev–Trinajstić information content (AvgIpc) is 2.84. The van der Waals surface area contributed by atoms with E-state index in [1.807, 2.05) is 60.7 Å². The number of benzene rings is 2. The first-order valence-electron chi connectivity index (χ1n) is 10.4. The summed E-state index contributed by atoms with van der Waals surface area (Å²) in [6.07, 6.45) is 6.92. The van der Waals surface area contributed by atoms with E-state index >= 15 is 0 Å². The maximum absolute atomic E-state index is 12.5. The van der Waals surface area contributed by atoms with Gasteiger partial charge in [0, 0.05) is 50.3 Å². The zero-order valence-electron chi connectivity index (χ0n) is 17.5. The second-order valence-corrected chi connectivity index (χ2v) is 7.30. The zero-order chi connectivity index (χ0) is 21.5. The van der Waals surface area contributed by atoms with E-state index in [0.29, 0.717) is 0 Å². The van der Waals surface area contributed by atoms with Crippen LogP contribution in [0.25, 0.3) is 17.2 Å². The van der Waals surface area contributed by atoms with E-state index in [1.54, 1.807) is 25.6 Å². The Hall–Kier alpha value is -3.64. The smallest absolute Gasteiger partial charge is 0.248 e. The number of piperazine rings is 1. The summed E-state index contributed by atoms with van der Waals surface area (Å²) >= 11 is 0. The largest absolute Gasteiger partial charge is 0.495 e. The molecule has 2 aromatic carbocycles. The van der Waals surface area contributed by atoms with Crippen molar-refractivity contribution in [1.29, 1.82) is 0 Å². The van der Waals surface area contributed by atoms with Gasteiger partial charge < -0.3 is 20.3 Å². The van der Waals surface area contributed by atoms with Crippen LogP contribution in [0.3, 0.4) is 0 Å². The van der Waals surface area contributed by atoms with E-state index < -0.39 is 0 Å². The number of ether oxygens (including phenoxy) is 1. The minimum Gasteiger partial charge on any atom is -0.495 e. The standard InChI is InChI=1S/C25H26N4O2/c1-31-24-8-7-22(18-23(24)29-16-14-27-15-17-29)28-25(30)9-4-19-2-5-20(6-3-19)21-10-12-26-13-11-21/h2-13,18,27H,14-17H2,1H3,(H,28,30). The lowest BCUT2D eigenvalue weighted by atomic mass is 10.1. The second-order valence-electron chi connectivity index (χ2n) is 7.30. The van der Waals surface area contributed by atoms with Crippen LogP contribution in [-0.4, -0.2) is 44.2 Å². The lowest BCUT2D eigenvalue weighted by molar-refractivity contribution is -0.111. The number of amides is 1. The summed E-state index contributed by atoms with van der Waals surface area (Å²) in [6, 6.07) is 17.7. The molecular formula is C25H26N4O2. The summed E-state index contributed by atoms with van der Waals surface area (Å²) in [4.78, 5) is 18.8. The van der Waals surface area contributed by atoms with Gasteiger partial charge in [0.1, 0.15) is 5.75 Å². The van der Waals surface area contributed by atoms with Gasteiger partial charge in [-0.2, -0.15) is 0 Å². The molecule has 0 spiro atoms. The van der Waals surface area contributed by atoms with Crippen molar-refractivity contribution in [1.82, 2.24) is 10.3 Å². The van der Waals surface area contributed by atoms with Gasteiger partial charge in [-0.1, -0.05) is 24.3 Å². The molecule has 1 aliphatic rings. The molecule has 1 aromatic heterocycles. The summed E-state index contributed by atoms with van der Waals surface area (Å²) in [5.74, 6) is 0.638. The molecule has 4 rings (SSSR count). The van der Waals surface area contributed by atoms with E-state index in [0.717, 1.165) is 60.0 Å². The first-order valence-corrected chi connectivity index (χ1v) is 10.4. The number of hydrogen-bond donors (Lipinski definition) is 2. The van der Waals surface area contributed by atoms with E-state index in [2.05, 4.69) is 20.5 Å². The minimum absolute atomic E-state index is 0.172. The van der Waals surface area contributed by atoms with Gasteiger partial charge >= 0.3 is 0 Å². The monoisotopic (exact) mass is 414 g/mol. The molecule has 0 radical (unpaired) electrons. The molecule has 158 valence electrons. The molecule has 0 atom stereocenters. The normalized spacial score (nSPS) is 13.9. The number of methoxy groups -OCH3 is 1. The number of aromatic nitrogens is 1. The van der Waals surface area contributed by atoms with Crippen LogP contribution in [0.2, 0.25) is 0 Å². The number of hydrogen-bond acceptors (Lipinski definition) is 5. The Balaban J connectivity index is 1.42. The number of rotatable bonds is 6. The Morgan fingerprint density at radius 1 is 1.03 bits per heavy atom. The number of nitrogens with zero attached hydrogens (tertiary/aromatic N) is 2. The summed E-state index contributed by atoms with van der Waals surface area (Å²) in [7, 11) is 1.67. The highest BCUT2D eigenvalue weighted by Crippen LogP contribution is 2.31. The third-order valence-corrected chi connectivity index (χ3v) is 5.26. The Morgan fingerprint density at radius 3 is 2.45 bits per heavy atom. The van der Waals surface area contributed by atoms with Crippen LogP contribution in [0.4, 0.5) is 11.4 Å². The van der Waals surface area contributed by atoms with Gasteiger partial charge in [0.05, 0.1) is 12.8 Å². The third kappa shape index (κ3) is 5.29. The van der Waals surface area contributed by atoms with Crippen molar-refractivity contribution < 1.29 is 9.53 Å². The average molecular weight is 415 g/mol. The van der Waals surface area contributed by atoms with Gasteiger partial charge in [0.15, 0.2) is 0 Å². The van der Waals surface area contributed by atoms with Crippen molar-refractivity contribution in [3.05, 3.63) is 78.6 Å². The highest BCUT2D eigenvalue weighted by Gasteiger charge is 2.15. The molecule has 0 unspecified atom stereocenters. The Kier molecular flexibility index (Phi) is 6.59. The molecule has 0 bridgehead atoms. The highest BCUT2D eigenvalue weighted by molar-refractivity contribution is 6.02. The number of pyridine rings is 1. The molecular weight excluding hydrogens is 388 g/mol. The zero-order valence-corrected chi connectivity index (χ0v) is 17.5. The maximum atomic E-state index is 12.5. The Morgan fingerprint density at radius 2 is 1.74 bits per heavy atom. The molecule has 31 heavy (non-hydrogen) atoms. The molecule has 1 aliphatic heterocycles. The molecule has 6 nitrogen and oxygen atoms in total. The highest BCUT2D eigenvalue weighted by atomic mass is 16.5. The topological polar surface area (TPSA) is 66.5 Å². The van der Waals surface area contributed by atoms with Crippen molar-refractivity contribution in [2.45, 2.75) is 0 Å². The van der Waals surface area contributed by atoms with Gasteiger partial charge in [0.2, 0.25) is 5.91 Å². The summed E-state index contributed by atoms with van der Waals surface area (Å²) < 4.78 is 5.51. The molecule has 2 heterocycles. The van der Waals surface area contributed by atoms with Crippen LogP contribution in [-0.2, 0) is 4.79 Å². The SMILES string of the molecule is COc1ccc(NC(=O)C=Cc2ccc(-c3ccncc3)cc2)cc1N1CCNCC1. The van der Waals surface area contributed by atoms with Crippen LogP contribution in [0, 0.1) is 0 Å². The van der Waals surface area contributed by atoms with Crippen LogP contribution in [0.15, 0.2) is 73.1 Å². The quantitative estimate of drug-likeness (QED) is 0.601. The number of anilines is 2. The fourth-order valence-electron chi connectivity index (χ4n) is 3.61. The molecule has 6 heteroatoms. The van der Waals surface area contributed by atoms with Crippen molar-refractivity contribution >= 4 is 23.4 Å². The maximum Gasteiger partial charge on any atom is 0.248 e. The van der Waals surface area contributed by atoms with Gasteiger partial charge in [-0.05, 0) is 53.1 Å². The molecule has 1 fully saturated rings. The summed E-state index contributed by atoms with van der Waals surface area (Å²) in [6.45, 7) is 3.68. The van der Waals surface area contributed by atoms with Gasteiger partial charge in [-0.3, -0.25) is 9.78 Å². The predicted molar refractivity (Wildman–Crippen MR) is 125 cm³/mol. The fourth-order valence-corrected chi connectivity index (χ4v) is 3.61. The van der Waals surface area contributed by atoms with E-state index in [-0.39, 0.29) is 5.91 Å².